The molecular formula is C38H67N2+. The maximum Gasteiger partial charge on any atom is 0.241 e. The van der Waals surface area contributed by atoms with Crippen LogP contribution in [0.25, 0.3) is 0 Å². The molecule has 40 heavy (non-hydrogen) atoms. The highest BCUT2D eigenvalue weighted by Crippen LogP contribution is 2.29. The predicted octanol–water partition coefficient (Wildman–Crippen LogP) is 12.1. The van der Waals surface area contributed by atoms with Crippen LogP contribution in [0.2, 0.25) is 0 Å². The molecule has 1 aromatic heterocycles. The van der Waals surface area contributed by atoms with Crippen molar-refractivity contribution >= 4 is 0 Å². The highest BCUT2D eigenvalue weighted by Gasteiger charge is 2.26. The molecule has 0 aliphatic rings. The lowest BCUT2D eigenvalue weighted by Crippen LogP contribution is -2.42. The van der Waals surface area contributed by atoms with Gasteiger partial charge in [-0.3, -0.25) is 4.98 Å². The predicted molar refractivity (Wildman–Crippen MR) is 176 cm³/mol. The second-order valence-corrected chi connectivity index (χ2v) is 12.7. The van der Waals surface area contributed by atoms with E-state index in [1.54, 1.807) is 0 Å². The SMILES string of the molecule is CCCCCCCCCCCCCCCCCC(Cc1ccccc1)C(CCCCCCCCC)[n+]1cc[nH]c1. The quantitative estimate of drug-likeness (QED) is 0.0801. The third kappa shape index (κ3) is 17.3. The third-order valence-corrected chi connectivity index (χ3v) is 9.12. The number of unbranched alkanes of at least 4 members (excludes halogenated alkanes) is 20. The van der Waals surface area contributed by atoms with Gasteiger partial charge in [0.25, 0.3) is 0 Å². The van der Waals surface area contributed by atoms with Crippen LogP contribution in [-0.2, 0) is 6.42 Å². The van der Waals surface area contributed by atoms with E-state index in [1.807, 2.05) is 0 Å². The van der Waals surface area contributed by atoms with Crippen molar-refractivity contribution in [3.05, 3.63) is 54.6 Å². The summed E-state index contributed by atoms with van der Waals surface area (Å²) in [5, 5.41) is 0. The Morgan fingerprint density at radius 3 is 1.45 bits per heavy atom. The molecule has 2 heteroatoms. The van der Waals surface area contributed by atoms with Crippen molar-refractivity contribution in [2.45, 2.75) is 180 Å². The molecule has 2 aromatic rings. The minimum Gasteiger partial charge on any atom is -0.250 e. The maximum atomic E-state index is 3.34. The molecule has 1 heterocycles. The molecule has 0 spiro atoms. The molecule has 228 valence electrons. The van der Waals surface area contributed by atoms with Crippen LogP contribution in [0.1, 0.15) is 180 Å². The molecule has 0 fully saturated rings. The van der Waals surface area contributed by atoms with E-state index in [-0.39, 0.29) is 0 Å². The first-order chi connectivity index (χ1) is 19.8. The summed E-state index contributed by atoms with van der Waals surface area (Å²) in [5.41, 5.74) is 1.51. The van der Waals surface area contributed by atoms with E-state index < -0.39 is 0 Å². The summed E-state index contributed by atoms with van der Waals surface area (Å²) in [6.45, 7) is 4.62. The summed E-state index contributed by atoms with van der Waals surface area (Å²) >= 11 is 0. The fraction of sp³-hybridized carbons (Fsp3) is 0.763. The molecule has 1 aromatic carbocycles. The minimum absolute atomic E-state index is 0.605. The van der Waals surface area contributed by atoms with Gasteiger partial charge < -0.3 is 0 Å². The topological polar surface area (TPSA) is 19.7 Å². The molecule has 0 aliphatic heterocycles. The van der Waals surface area contributed by atoms with Crippen LogP contribution >= 0.6 is 0 Å². The van der Waals surface area contributed by atoms with Gasteiger partial charge in [0.05, 0.1) is 0 Å². The molecule has 2 atom stereocenters. The van der Waals surface area contributed by atoms with Crippen molar-refractivity contribution in [2.75, 3.05) is 0 Å². The van der Waals surface area contributed by atoms with Crippen molar-refractivity contribution in [1.82, 2.24) is 4.98 Å². The van der Waals surface area contributed by atoms with E-state index in [2.05, 4.69) is 72.5 Å². The van der Waals surface area contributed by atoms with Crippen LogP contribution in [0.4, 0.5) is 0 Å². The Labute approximate surface area is 250 Å². The van der Waals surface area contributed by atoms with Gasteiger partial charge in [-0.2, -0.15) is 0 Å². The van der Waals surface area contributed by atoms with Crippen LogP contribution in [-0.4, -0.2) is 4.98 Å². The summed E-state index contributed by atoms with van der Waals surface area (Å²) in [6, 6.07) is 11.9. The minimum atomic E-state index is 0.605. The summed E-state index contributed by atoms with van der Waals surface area (Å²) in [4.78, 5) is 3.34. The van der Waals surface area contributed by atoms with Crippen LogP contribution in [0.15, 0.2) is 49.1 Å². The Kier molecular flexibility index (Phi) is 21.8. The number of nitrogens with zero attached hydrogens (tertiary/aromatic N) is 1. The van der Waals surface area contributed by atoms with Gasteiger partial charge in [0.2, 0.25) is 6.33 Å². The Bertz CT molecular complexity index is 753. The summed E-state index contributed by atoms with van der Waals surface area (Å²) in [7, 11) is 0. The Morgan fingerprint density at radius 2 is 1.00 bits per heavy atom. The molecule has 2 nitrogen and oxygen atoms in total. The molecule has 0 amide bonds. The lowest BCUT2D eigenvalue weighted by Gasteiger charge is -2.25. The Morgan fingerprint density at radius 1 is 0.550 bits per heavy atom. The smallest absolute Gasteiger partial charge is 0.241 e. The summed E-state index contributed by atoms with van der Waals surface area (Å²) < 4.78 is 2.50. The molecule has 0 bridgehead atoms. The van der Waals surface area contributed by atoms with Gasteiger partial charge in [-0.15, -0.1) is 0 Å². The van der Waals surface area contributed by atoms with Crippen molar-refractivity contribution < 1.29 is 4.57 Å². The van der Waals surface area contributed by atoms with Gasteiger partial charge in [-0.1, -0.05) is 179 Å². The second kappa shape index (κ2) is 25.2. The standard InChI is InChI=1S/C38H66N2/c1-3-5-7-9-11-12-13-14-15-16-17-18-20-21-26-30-37(34-36-28-24-23-25-29-36)38(40-33-32-39-35-40)31-27-22-19-10-8-6-4-2/h23-25,28-29,32-33,35,37-38H,3-22,26-27,30-31,34H2,1-2H3/p+1. The lowest BCUT2D eigenvalue weighted by molar-refractivity contribution is -0.730. The zero-order chi connectivity index (χ0) is 28.4. The first-order valence-corrected chi connectivity index (χ1v) is 17.9. The molecule has 2 unspecified atom stereocenters. The van der Waals surface area contributed by atoms with E-state index in [0.29, 0.717) is 12.0 Å². The number of H-pyrrole nitrogens is 1. The molecule has 0 radical (unpaired) electrons. The zero-order valence-corrected chi connectivity index (χ0v) is 26.9. The number of imidazole rings is 1. The van der Waals surface area contributed by atoms with Crippen LogP contribution in [0.3, 0.4) is 0 Å². The van der Waals surface area contributed by atoms with Crippen LogP contribution < -0.4 is 4.57 Å². The molecular weight excluding hydrogens is 484 g/mol. The van der Waals surface area contributed by atoms with Crippen molar-refractivity contribution in [2.24, 2.45) is 5.92 Å². The van der Waals surface area contributed by atoms with E-state index >= 15 is 0 Å². The highest BCUT2D eigenvalue weighted by atomic mass is 15.1. The van der Waals surface area contributed by atoms with Crippen LogP contribution in [0, 0.1) is 5.92 Å². The van der Waals surface area contributed by atoms with E-state index in [4.69, 9.17) is 0 Å². The van der Waals surface area contributed by atoms with Crippen molar-refractivity contribution in [3.8, 4) is 0 Å². The average Bonchev–Trinajstić information content (AvgIpc) is 3.51. The van der Waals surface area contributed by atoms with Crippen molar-refractivity contribution in [1.29, 1.82) is 0 Å². The summed E-state index contributed by atoms with van der Waals surface area (Å²) in [5.74, 6) is 0.713. The second-order valence-electron chi connectivity index (χ2n) is 12.7. The number of rotatable bonds is 28. The first kappa shape index (κ1) is 34.6. The zero-order valence-electron chi connectivity index (χ0n) is 26.9. The fourth-order valence-corrected chi connectivity index (χ4v) is 6.57. The molecule has 2 rings (SSSR count). The largest absolute Gasteiger partial charge is 0.250 e. The maximum absolute atomic E-state index is 3.34. The summed E-state index contributed by atoms with van der Waals surface area (Å²) in [6.07, 6.45) is 41.8. The monoisotopic (exact) mass is 552 g/mol. The van der Waals surface area contributed by atoms with E-state index in [9.17, 15) is 0 Å². The van der Waals surface area contributed by atoms with Gasteiger partial charge in [0, 0.05) is 5.92 Å². The molecule has 0 saturated carbocycles. The number of aromatic nitrogens is 2. The normalized spacial score (nSPS) is 13.1. The number of aromatic amines is 1. The van der Waals surface area contributed by atoms with Gasteiger partial charge in [0.1, 0.15) is 18.4 Å². The number of benzene rings is 1. The molecule has 0 aliphatic carbocycles. The molecule has 0 saturated heterocycles. The van der Waals surface area contributed by atoms with Gasteiger partial charge >= 0.3 is 0 Å². The Balaban J connectivity index is 1.69. The number of hydrogen-bond acceptors (Lipinski definition) is 0. The third-order valence-electron chi connectivity index (χ3n) is 9.12. The molecule has 1 N–H and O–H groups in total. The van der Waals surface area contributed by atoms with E-state index in [0.717, 1.165) is 0 Å². The van der Waals surface area contributed by atoms with Gasteiger partial charge in [-0.05, 0) is 31.2 Å². The fourth-order valence-electron chi connectivity index (χ4n) is 6.57. The van der Waals surface area contributed by atoms with Gasteiger partial charge in [-0.25, -0.2) is 4.57 Å². The average molecular weight is 552 g/mol. The van der Waals surface area contributed by atoms with Crippen molar-refractivity contribution in [3.63, 3.8) is 0 Å². The number of nitrogens with one attached hydrogen (secondary N) is 1. The van der Waals surface area contributed by atoms with Gasteiger partial charge in [0.15, 0.2) is 0 Å². The van der Waals surface area contributed by atoms with Crippen LogP contribution in [0.5, 0.6) is 0 Å². The number of hydrogen-bond donors (Lipinski definition) is 1. The first-order valence-electron chi connectivity index (χ1n) is 17.9. The highest BCUT2D eigenvalue weighted by molar-refractivity contribution is 5.15. The Hall–Kier alpha value is -1.57. The van der Waals surface area contributed by atoms with E-state index in [1.165, 1.54) is 166 Å². The lowest BCUT2D eigenvalue weighted by atomic mass is 9.84.